The van der Waals surface area contributed by atoms with Crippen LogP contribution in [-0.2, 0) is 16.6 Å². The van der Waals surface area contributed by atoms with Crippen LogP contribution in [0.25, 0.3) is 16.9 Å². The van der Waals surface area contributed by atoms with Crippen LogP contribution >= 0.6 is 15.9 Å². The van der Waals surface area contributed by atoms with Gasteiger partial charge in [0, 0.05) is 33.0 Å². The predicted molar refractivity (Wildman–Crippen MR) is 140 cm³/mol. The van der Waals surface area contributed by atoms with Crippen molar-refractivity contribution < 1.29 is 31.8 Å². The largest absolute Gasteiger partial charge is 0.488 e. The summed E-state index contributed by atoms with van der Waals surface area (Å²) in [5.41, 5.74) is 2.50. The molecule has 0 unspecified atom stereocenters. The van der Waals surface area contributed by atoms with Gasteiger partial charge < -0.3 is 14.4 Å². The number of aromatic carboxylic acids is 1. The summed E-state index contributed by atoms with van der Waals surface area (Å²) in [7, 11) is -3.66. The molecule has 0 atom stereocenters. The zero-order valence-corrected chi connectivity index (χ0v) is 22.0. The smallest absolute Gasteiger partial charge is 0.335 e. The number of carboxylic acids is 1. The van der Waals surface area contributed by atoms with E-state index >= 15 is 0 Å². The lowest BCUT2D eigenvalue weighted by Crippen LogP contribution is -2.11. The van der Waals surface area contributed by atoms with Crippen LogP contribution < -0.4 is 9.46 Å². The predicted octanol–water partition coefficient (Wildman–Crippen LogP) is 6.14. The zero-order chi connectivity index (χ0) is 26.9. The van der Waals surface area contributed by atoms with Gasteiger partial charge in [0.25, 0.3) is 0 Å². The molecule has 4 aromatic rings. The first kappa shape index (κ1) is 26.4. The van der Waals surface area contributed by atoms with E-state index in [-0.39, 0.29) is 23.4 Å². The number of anilines is 1. The highest BCUT2D eigenvalue weighted by atomic mass is 79.9. The fourth-order valence-corrected chi connectivity index (χ4v) is 4.76. The molecule has 0 spiro atoms. The molecular formula is C26H21BrF2N2O5S. The number of rotatable bonds is 8. The van der Waals surface area contributed by atoms with Gasteiger partial charge in [0.15, 0.2) is 0 Å². The van der Waals surface area contributed by atoms with E-state index in [0.717, 1.165) is 28.6 Å². The summed E-state index contributed by atoms with van der Waals surface area (Å²) >= 11 is 3.45. The molecule has 0 amide bonds. The normalized spacial score (nSPS) is 11.4. The van der Waals surface area contributed by atoms with Crippen molar-refractivity contribution in [3.05, 3.63) is 99.7 Å². The summed E-state index contributed by atoms with van der Waals surface area (Å²) in [6.45, 7) is 1.66. The van der Waals surface area contributed by atoms with E-state index in [1.807, 2.05) is 13.0 Å². The van der Waals surface area contributed by atoms with Crippen LogP contribution in [0.5, 0.6) is 5.75 Å². The summed E-state index contributed by atoms with van der Waals surface area (Å²) < 4.78 is 61.8. The summed E-state index contributed by atoms with van der Waals surface area (Å²) in [4.78, 5) is 11.8. The molecule has 0 aliphatic carbocycles. The molecule has 1 heterocycles. The number of halogens is 3. The van der Waals surface area contributed by atoms with Crippen molar-refractivity contribution in [3.8, 4) is 22.7 Å². The zero-order valence-electron chi connectivity index (χ0n) is 19.6. The van der Waals surface area contributed by atoms with Gasteiger partial charge in [-0.15, -0.1) is 0 Å². The van der Waals surface area contributed by atoms with Crippen molar-refractivity contribution in [2.75, 3.05) is 11.0 Å². The lowest BCUT2D eigenvalue weighted by molar-refractivity contribution is 0.0697. The summed E-state index contributed by atoms with van der Waals surface area (Å²) in [6, 6.07) is 16.3. The van der Waals surface area contributed by atoms with Gasteiger partial charge in [0.2, 0.25) is 10.0 Å². The first-order chi connectivity index (χ1) is 17.4. The van der Waals surface area contributed by atoms with E-state index in [2.05, 4.69) is 20.7 Å². The van der Waals surface area contributed by atoms with Gasteiger partial charge >= 0.3 is 5.97 Å². The Balaban J connectivity index is 1.81. The Morgan fingerprint density at radius 3 is 2.49 bits per heavy atom. The fourth-order valence-electron chi connectivity index (χ4n) is 3.85. The third-order valence-corrected chi connectivity index (χ3v) is 6.52. The number of ether oxygens (including phenoxy) is 1. The van der Waals surface area contributed by atoms with Crippen molar-refractivity contribution in [1.29, 1.82) is 0 Å². The van der Waals surface area contributed by atoms with Crippen LogP contribution in [0.3, 0.4) is 0 Å². The fraction of sp³-hybridized carbons (Fsp3) is 0.115. The van der Waals surface area contributed by atoms with Gasteiger partial charge in [-0.1, -0.05) is 15.9 Å². The molecular weight excluding hydrogens is 570 g/mol. The topological polar surface area (TPSA) is 97.6 Å². The first-order valence-corrected chi connectivity index (χ1v) is 13.5. The molecule has 1 aromatic heterocycles. The van der Waals surface area contributed by atoms with Gasteiger partial charge in [-0.2, -0.15) is 0 Å². The number of aromatic nitrogens is 1. The Morgan fingerprint density at radius 2 is 1.81 bits per heavy atom. The van der Waals surface area contributed by atoms with Gasteiger partial charge in [-0.25, -0.2) is 22.0 Å². The highest BCUT2D eigenvalue weighted by Crippen LogP contribution is 2.37. The number of hydrogen-bond acceptors (Lipinski definition) is 4. The van der Waals surface area contributed by atoms with Crippen LogP contribution in [0, 0.1) is 18.6 Å². The Hall–Kier alpha value is -3.70. The van der Waals surface area contributed by atoms with Crippen molar-refractivity contribution in [2.45, 2.75) is 13.5 Å². The third-order valence-electron chi connectivity index (χ3n) is 5.42. The maximum Gasteiger partial charge on any atom is 0.335 e. The van der Waals surface area contributed by atoms with E-state index < -0.39 is 27.6 Å². The Bertz CT molecular complexity index is 1620. The first-order valence-electron chi connectivity index (χ1n) is 10.8. The average Bonchev–Trinajstić information content (AvgIpc) is 3.19. The van der Waals surface area contributed by atoms with Crippen LogP contribution in [0.2, 0.25) is 0 Å². The van der Waals surface area contributed by atoms with E-state index in [1.54, 1.807) is 28.8 Å². The number of hydrogen-bond donors (Lipinski definition) is 2. The molecule has 7 nitrogen and oxygen atoms in total. The molecule has 0 radical (unpaired) electrons. The number of carboxylic acid groups (broad SMARTS) is 1. The second-order valence-corrected chi connectivity index (χ2v) is 11.0. The van der Waals surface area contributed by atoms with E-state index in [1.165, 1.54) is 24.3 Å². The highest BCUT2D eigenvalue weighted by Gasteiger charge is 2.18. The highest BCUT2D eigenvalue weighted by molar-refractivity contribution is 9.10. The number of nitrogens with one attached hydrogen (secondary N) is 1. The van der Waals surface area contributed by atoms with Crippen LogP contribution in [0.1, 0.15) is 21.6 Å². The van der Waals surface area contributed by atoms with Gasteiger partial charge in [0.05, 0.1) is 23.2 Å². The molecule has 37 heavy (non-hydrogen) atoms. The maximum absolute atomic E-state index is 14.2. The Morgan fingerprint density at radius 1 is 1.05 bits per heavy atom. The molecule has 0 bridgehead atoms. The van der Waals surface area contributed by atoms with Gasteiger partial charge in [0.1, 0.15) is 24.0 Å². The summed E-state index contributed by atoms with van der Waals surface area (Å²) in [5.74, 6) is -2.24. The SMILES string of the molecule is Cc1ccc(-c2cc(Br)ccc2OCc2ccc(F)cc2F)n1-c1cc(NS(C)(=O)=O)cc(C(=O)O)c1. The minimum atomic E-state index is -3.66. The molecule has 0 saturated heterocycles. The second kappa shape index (κ2) is 10.3. The second-order valence-electron chi connectivity index (χ2n) is 8.31. The molecule has 3 aromatic carbocycles. The third kappa shape index (κ3) is 6.17. The van der Waals surface area contributed by atoms with Gasteiger partial charge in [-0.05, 0) is 67.6 Å². The minimum absolute atomic E-state index is 0.0916. The molecule has 2 N–H and O–H groups in total. The number of benzene rings is 3. The standard InChI is InChI=1S/C26H21BrF2N2O5S/c1-15-3-7-24(31(15)21-10-17(26(32)33)9-20(13-21)30-37(2,34)35)22-11-18(27)5-8-25(22)36-14-16-4-6-19(28)12-23(16)29/h3-13,30H,14H2,1-2H3,(H,32,33). The number of nitrogens with zero attached hydrogens (tertiary/aromatic N) is 1. The van der Waals surface area contributed by atoms with Crippen LogP contribution in [0.4, 0.5) is 14.5 Å². The monoisotopic (exact) mass is 590 g/mol. The molecule has 0 aliphatic rings. The van der Waals surface area contributed by atoms with E-state index in [4.69, 9.17) is 4.74 Å². The molecule has 4 rings (SSSR count). The number of sulfonamides is 1. The number of carbonyl (C=O) groups is 1. The molecule has 192 valence electrons. The lowest BCUT2D eigenvalue weighted by atomic mass is 10.1. The van der Waals surface area contributed by atoms with Crippen molar-refractivity contribution in [2.24, 2.45) is 0 Å². The average molecular weight is 591 g/mol. The van der Waals surface area contributed by atoms with Crippen LogP contribution in [0.15, 0.2) is 71.2 Å². The Labute approximate surface area is 220 Å². The van der Waals surface area contributed by atoms with Crippen LogP contribution in [-0.4, -0.2) is 30.3 Å². The molecule has 11 heteroatoms. The molecule has 0 aliphatic heterocycles. The summed E-state index contributed by atoms with van der Waals surface area (Å²) in [6.07, 6.45) is 0.974. The summed E-state index contributed by atoms with van der Waals surface area (Å²) in [5, 5.41) is 9.62. The Kier molecular flexibility index (Phi) is 7.37. The van der Waals surface area contributed by atoms with Crippen molar-refractivity contribution >= 4 is 37.6 Å². The van der Waals surface area contributed by atoms with Gasteiger partial charge in [-0.3, -0.25) is 4.72 Å². The minimum Gasteiger partial charge on any atom is -0.488 e. The number of aryl methyl sites for hydroxylation is 1. The molecule has 0 fully saturated rings. The quantitative estimate of drug-likeness (QED) is 0.257. The maximum atomic E-state index is 14.2. The van der Waals surface area contributed by atoms with E-state index in [0.29, 0.717) is 22.7 Å². The van der Waals surface area contributed by atoms with Crippen molar-refractivity contribution in [3.63, 3.8) is 0 Å². The van der Waals surface area contributed by atoms with E-state index in [9.17, 15) is 27.1 Å². The molecule has 0 saturated carbocycles. The lowest BCUT2D eigenvalue weighted by Gasteiger charge is -2.18. The van der Waals surface area contributed by atoms with Crippen molar-refractivity contribution in [1.82, 2.24) is 4.57 Å².